The van der Waals surface area contributed by atoms with Gasteiger partial charge in [0.25, 0.3) is 0 Å². The summed E-state index contributed by atoms with van der Waals surface area (Å²) in [6.45, 7) is 0.0967. The van der Waals surface area contributed by atoms with E-state index in [0.29, 0.717) is 22.3 Å². The SMILES string of the molecule is COC(=O)CNc1c(OCc2ccccc2)cc2ccc(OC)cc2c1F. The van der Waals surface area contributed by atoms with E-state index in [-0.39, 0.29) is 18.8 Å². The van der Waals surface area contributed by atoms with Crippen LogP contribution in [-0.2, 0) is 16.1 Å². The van der Waals surface area contributed by atoms with Crippen molar-refractivity contribution in [3.63, 3.8) is 0 Å². The topological polar surface area (TPSA) is 56.8 Å². The Labute approximate surface area is 156 Å². The van der Waals surface area contributed by atoms with E-state index in [1.54, 1.807) is 24.3 Å². The molecule has 3 aromatic carbocycles. The first kappa shape index (κ1) is 18.5. The normalized spacial score (nSPS) is 10.5. The molecule has 0 amide bonds. The van der Waals surface area contributed by atoms with Crippen molar-refractivity contribution in [2.24, 2.45) is 0 Å². The van der Waals surface area contributed by atoms with Gasteiger partial charge in [0.2, 0.25) is 0 Å². The Bertz CT molecular complexity index is 944. The Kier molecular flexibility index (Phi) is 5.76. The number of rotatable bonds is 7. The zero-order chi connectivity index (χ0) is 19.2. The minimum absolute atomic E-state index is 0.108. The number of carbonyl (C=O) groups excluding carboxylic acids is 1. The Hall–Kier alpha value is -3.28. The molecule has 0 aromatic heterocycles. The number of fused-ring (bicyclic) bond motifs is 1. The average Bonchev–Trinajstić information content (AvgIpc) is 2.72. The molecule has 6 heteroatoms. The first-order valence-corrected chi connectivity index (χ1v) is 8.40. The molecule has 27 heavy (non-hydrogen) atoms. The third kappa shape index (κ3) is 4.28. The number of hydrogen-bond acceptors (Lipinski definition) is 5. The van der Waals surface area contributed by atoms with Gasteiger partial charge in [0.15, 0.2) is 5.82 Å². The Morgan fingerprint density at radius 1 is 1.07 bits per heavy atom. The highest BCUT2D eigenvalue weighted by atomic mass is 19.1. The minimum Gasteiger partial charge on any atom is -0.497 e. The quantitative estimate of drug-likeness (QED) is 0.634. The first-order chi connectivity index (χ1) is 13.1. The van der Waals surface area contributed by atoms with Crippen LogP contribution in [0.25, 0.3) is 10.8 Å². The molecule has 3 rings (SSSR count). The fourth-order valence-electron chi connectivity index (χ4n) is 2.68. The lowest BCUT2D eigenvalue weighted by Crippen LogP contribution is -2.16. The van der Waals surface area contributed by atoms with Gasteiger partial charge in [-0.1, -0.05) is 36.4 Å². The molecule has 5 nitrogen and oxygen atoms in total. The molecule has 0 saturated carbocycles. The van der Waals surface area contributed by atoms with E-state index < -0.39 is 11.8 Å². The predicted molar refractivity (Wildman–Crippen MR) is 102 cm³/mol. The third-order valence-corrected chi connectivity index (χ3v) is 4.12. The molecular formula is C21H20FNO4. The van der Waals surface area contributed by atoms with Gasteiger partial charge in [0.05, 0.1) is 14.2 Å². The number of benzene rings is 3. The zero-order valence-electron chi connectivity index (χ0n) is 15.1. The van der Waals surface area contributed by atoms with Crippen molar-refractivity contribution < 1.29 is 23.4 Å². The van der Waals surface area contributed by atoms with E-state index in [2.05, 4.69) is 10.1 Å². The maximum atomic E-state index is 15.2. The van der Waals surface area contributed by atoms with Gasteiger partial charge in [-0.05, 0) is 29.1 Å². The van der Waals surface area contributed by atoms with Crippen molar-refractivity contribution in [1.82, 2.24) is 0 Å². The second kappa shape index (κ2) is 8.40. The highest BCUT2D eigenvalue weighted by Crippen LogP contribution is 2.36. The number of halogens is 1. The molecule has 0 aliphatic heterocycles. The lowest BCUT2D eigenvalue weighted by molar-refractivity contribution is -0.138. The van der Waals surface area contributed by atoms with Crippen LogP contribution in [0.2, 0.25) is 0 Å². The molecule has 0 aliphatic rings. The van der Waals surface area contributed by atoms with Crippen molar-refractivity contribution in [1.29, 1.82) is 0 Å². The van der Waals surface area contributed by atoms with E-state index in [1.807, 2.05) is 30.3 Å². The van der Waals surface area contributed by atoms with Crippen LogP contribution in [0.3, 0.4) is 0 Å². The first-order valence-electron chi connectivity index (χ1n) is 8.40. The largest absolute Gasteiger partial charge is 0.497 e. The molecule has 0 fully saturated rings. The van der Waals surface area contributed by atoms with Gasteiger partial charge in [0.1, 0.15) is 30.3 Å². The summed E-state index contributed by atoms with van der Waals surface area (Å²) in [4.78, 5) is 11.5. The molecule has 140 valence electrons. The van der Waals surface area contributed by atoms with E-state index in [9.17, 15) is 4.79 Å². The smallest absolute Gasteiger partial charge is 0.325 e. The highest BCUT2D eigenvalue weighted by molar-refractivity contribution is 5.91. The van der Waals surface area contributed by atoms with Gasteiger partial charge in [-0.2, -0.15) is 0 Å². The van der Waals surface area contributed by atoms with E-state index in [1.165, 1.54) is 14.2 Å². The molecule has 3 aromatic rings. The van der Waals surface area contributed by atoms with E-state index in [4.69, 9.17) is 9.47 Å². The highest BCUT2D eigenvalue weighted by Gasteiger charge is 2.17. The summed E-state index contributed by atoms with van der Waals surface area (Å²) in [6, 6.07) is 16.4. The summed E-state index contributed by atoms with van der Waals surface area (Å²) in [6.07, 6.45) is 0. The van der Waals surface area contributed by atoms with Gasteiger partial charge in [0, 0.05) is 5.39 Å². The number of methoxy groups -OCH3 is 2. The number of hydrogen-bond donors (Lipinski definition) is 1. The number of nitrogens with one attached hydrogen (secondary N) is 1. The monoisotopic (exact) mass is 369 g/mol. The van der Waals surface area contributed by atoms with Gasteiger partial charge in [-0.25, -0.2) is 4.39 Å². The summed E-state index contributed by atoms with van der Waals surface area (Å²) in [5.74, 6) is -0.163. The molecule has 0 atom stereocenters. The second-order valence-corrected chi connectivity index (χ2v) is 5.85. The van der Waals surface area contributed by atoms with Crippen molar-refractivity contribution in [3.05, 3.63) is 66.0 Å². The lowest BCUT2D eigenvalue weighted by Gasteiger charge is -2.16. The van der Waals surface area contributed by atoms with Crippen LogP contribution < -0.4 is 14.8 Å². The van der Waals surface area contributed by atoms with Crippen LogP contribution >= 0.6 is 0 Å². The molecule has 0 unspecified atom stereocenters. The Morgan fingerprint density at radius 3 is 2.56 bits per heavy atom. The van der Waals surface area contributed by atoms with Crippen molar-refractivity contribution >= 4 is 22.4 Å². The fourth-order valence-corrected chi connectivity index (χ4v) is 2.68. The van der Waals surface area contributed by atoms with Crippen molar-refractivity contribution in [2.45, 2.75) is 6.61 Å². The van der Waals surface area contributed by atoms with E-state index >= 15 is 4.39 Å². The fraction of sp³-hybridized carbons (Fsp3) is 0.190. The van der Waals surface area contributed by atoms with Crippen molar-refractivity contribution in [2.75, 3.05) is 26.1 Å². The summed E-state index contributed by atoms with van der Waals surface area (Å²) < 4.78 is 30.8. The summed E-state index contributed by atoms with van der Waals surface area (Å²) >= 11 is 0. The zero-order valence-corrected chi connectivity index (χ0v) is 15.1. The van der Waals surface area contributed by atoms with Gasteiger partial charge >= 0.3 is 5.97 Å². The Balaban J connectivity index is 1.98. The maximum absolute atomic E-state index is 15.2. The van der Waals surface area contributed by atoms with Crippen molar-refractivity contribution in [3.8, 4) is 11.5 Å². The molecule has 0 heterocycles. The van der Waals surface area contributed by atoms with Crippen LogP contribution in [0.5, 0.6) is 11.5 Å². The second-order valence-electron chi connectivity index (χ2n) is 5.85. The molecule has 0 bridgehead atoms. The van der Waals surface area contributed by atoms with Crippen LogP contribution in [0.1, 0.15) is 5.56 Å². The number of esters is 1. The minimum atomic E-state index is -0.515. The molecular weight excluding hydrogens is 349 g/mol. The molecule has 0 saturated heterocycles. The van der Waals surface area contributed by atoms with Gasteiger partial charge < -0.3 is 19.5 Å². The third-order valence-electron chi connectivity index (χ3n) is 4.12. The molecule has 0 aliphatic carbocycles. The van der Waals surface area contributed by atoms with Crippen LogP contribution in [-0.4, -0.2) is 26.7 Å². The maximum Gasteiger partial charge on any atom is 0.325 e. The van der Waals surface area contributed by atoms with E-state index in [0.717, 1.165) is 5.56 Å². The molecule has 0 spiro atoms. The van der Waals surface area contributed by atoms with Gasteiger partial charge in [-0.3, -0.25) is 4.79 Å². The lowest BCUT2D eigenvalue weighted by atomic mass is 10.1. The van der Waals surface area contributed by atoms with Crippen LogP contribution in [0, 0.1) is 5.82 Å². The summed E-state index contributed by atoms with van der Waals surface area (Å²) in [5.41, 5.74) is 1.06. The van der Waals surface area contributed by atoms with Gasteiger partial charge in [-0.15, -0.1) is 0 Å². The average molecular weight is 369 g/mol. The standard InChI is InChI=1S/C21H20FNO4/c1-25-16-9-8-15-10-18(27-13-14-6-4-3-5-7-14)21(20(22)17(15)11-16)23-12-19(24)26-2/h3-11,23H,12-13H2,1-2H3. The number of carbonyl (C=O) groups is 1. The van der Waals surface area contributed by atoms with Crippen LogP contribution in [0.15, 0.2) is 54.6 Å². The number of anilines is 1. The predicted octanol–water partition coefficient (Wildman–Crippen LogP) is 4.15. The summed E-state index contributed by atoms with van der Waals surface area (Å²) in [5, 5.41) is 3.82. The Morgan fingerprint density at radius 2 is 1.85 bits per heavy atom. The molecule has 0 radical (unpaired) electrons. The number of ether oxygens (including phenoxy) is 3. The van der Waals surface area contributed by atoms with Crippen LogP contribution in [0.4, 0.5) is 10.1 Å². The summed E-state index contributed by atoms with van der Waals surface area (Å²) in [7, 11) is 2.80. The molecule has 1 N–H and O–H groups in total.